The molecule has 2 aliphatic rings. The molecule has 3 atom stereocenters. The molecule has 0 saturated heterocycles. The molecule has 0 heterocycles. The molecule has 0 aliphatic heterocycles. The Kier molecular flexibility index (Phi) is 3.85. The summed E-state index contributed by atoms with van der Waals surface area (Å²) in [7, 11) is 0. The van der Waals surface area contributed by atoms with Crippen LogP contribution in [0.2, 0.25) is 0 Å². The lowest BCUT2D eigenvalue weighted by molar-refractivity contribution is -0.147. The minimum Gasteiger partial charge on any atom is -0.481 e. The highest BCUT2D eigenvalue weighted by Gasteiger charge is 2.78. The zero-order chi connectivity index (χ0) is 16.9. The van der Waals surface area contributed by atoms with Gasteiger partial charge in [-0.3, -0.25) is 9.59 Å². The summed E-state index contributed by atoms with van der Waals surface area (Å²) in [6, 6.07) is 0. The van der Waals surface area contributed by atoms with Gasteiger partial charge >= 0.3 is 5.97 Å². The summed E-state index contributed by atoms with van der Waals surface area (Å²) in [5, 5.41) is 10.00. The Morgan fingerprint density at radius 3 is 2.50 bits per heavy atom. The molecule has 3 nitrogen and oxygen atoms in total. The van der Waals surface area contributed by atoms with Gasteiger partial charge in [0.1, 0.15) is 0 Å². The maximum atomic E-state index is 12.3. The van der Waals surface area contributed by atoms with Crippen LogP contribution >= 0.6 is 0 Å². The predicted octanol–water partition coefficient (Wildman–Crippen LogP) is 3.61. The molecule has 1 fully saturated rings. The number of ketones is 1. The summed E-state index contributed by atoms with van der Waals surface area (Å²) >= 11 is 0. The van der Waals surface area contributed by atoms with Crippen molar-refractivity contribution in [2.24, 2.45) is 22.7 Å². The number of terminal acetylenes is 1. The van der Waals surface area contributed by atoms with E-state index in [0.29, 0.717) is 12.0 Å². The van der Waals surface area contributed by atoms with E-state index in [4.69, 9.17) is 6.42 Å². The van der Waals surface area contributed by atoms with Gasteiger partial charge < -0.3 is 5.11 Å². The number of Topliss-reactive ketones (excluding diaryl/α,β-unsaturated/α-hetero) is 1. The molecular weight excluding hydrogens is 276 g/mol. The van der Waals surface area contributed by atoms with E-state index in [9.17, 15) is 14.7 Å². The highest BCUT2D eigenvalue weighted by atomic mass is 16.4. The average molecular weight is 300 g/mol. The third kappa shape index (κ3) is 1.97. The van der Waals surface area contributed by atoms with E-state index in [0.717, 1.165) is 11.1 Å². The van der Waals surface area contributed by atoms with Crippen molar-refractivity contribution in [2.75, 3.05) is 0 Å². The molecule has 0 aromatic heterocycles. The molecule has 1 unspecified atom stereocenters. The van der Waals surface area contributed by atoms with Gasteiger partial charge in [-0.2, -0.15) is 0 Å². The van der Waals surface area contributed by atoms with Gasteiger partial charge in [-0.1, -0.05) is 31.1 Å². The third-order valence-electron chi connectivity index (χ3n) is 5.66. The minimum atomic E-state index is -0.902. The van der Waals surface area contributed by atoms with Gasteiger partial charge in [-0.05, 0) is 26.2 Å². The molecule has 0 bridgehead atoms. The number of carbonyl (C=O) groups excluding carboxylic acids is 1. The molecule has 1 N–H and O–H groups in total. The van der Waals surface area contributed by atoms with E-state index in [1.807, 2.05) is 40.7 Å². The Bertz CT molecular complexity index is 638. The summed E-state index contributed by atoms with van der Waals surface area (Å²) in [6.07, 6.45) is 7.96. The number of allylic oxidation sites excluding steroid dienone is 4. The Morgan fingerprint density at radius 1 is 1.45 bits per heavy atom. The number of hydrogen-bond donors (Lipinski definition) is 1. The largest absolute Gasteiger partial charge is 0.481 e. The molecule has 118 valence electrons. The lowest BCUT2D eigenvalue weighted by atomic mass is 9.78. The number of aliphatic carboxylic acids is 1. The van der Waals surface area contributed by atoms with E-state index < -0.39 is 11.4 Å². The third-order valence-corrected chi connectivity index (χ3v) is 5.66. The van der Waals surface area contributed by atoms with Crippen molar-refractivity contribution in [3.05, 3.63) is 22.8 Å². The number of carboxylic acid groups (broad SMARTS) is 1. The fourth-order valence-corrected chi connectivity index (χ4v) is 4.47. The van der Waals surface area contributed by atoms with Crippen LogP contribution in [-0.4, -0.2) is 16.9 Å². The second-order valence-corrected chi connectivity index (χ2v) is 7.34. The monoisotopic (exact) mass is 300 g/mol. The van der Waals surface area contributed by atoms with Crippen LogP contribution in [0.15, 0.2) is 22.8 Å². The topological polar surface area (TPSA) is 54.4 Å². The van der Waals surface area contributed by atoms with Crippen molar-refractivity contribution in [2.45, 2.75) is 47.5 Å². The second kappa shape index (κ2) is 5.12. The Labute approximate surface area is 132 Å². The van der Waals surface area contributed by atoms with E-state index in [2.05, 4.69) is 5.92 Å². The molecular formula is C19H24O3. The quantitative estimate of drug-likeness (QED) is 0.637. The lowest BCUT2D eigenvalue weighted by Crippen LogP contribution is -2.31. The van der Waals surface area contributed by atoms with Crippen molar-refractivity contribution in [3.8, 4) is 12.3 Å². The standard InChI is InChI=1S/C19H24O3/c1-7-8-13-12(4)14(10-15(13)20)19(17(21)22)16(9-11(2)3)18(19,5)6/h1,9,14,16H,8,10H2,2-6H3,(H,21,22)/t14?,16-,19-/m1/s1. The van der Waals surface area contributed by atoms with Crippen LogP contribution in [-0.2, 0) is 9.59 Å². The number of carboxylic acids is 1. The van der Waals surface area contributed by atoms with Crippen molar-refractivity contribution in [1.82, 2.24) is 0 Å². The fraction of sp³-hybridized carbons (Fsp3) is 0.579. The first kappa shape index (κ1) is 16.5. The van der Waals surface area contributed by atoms with Crippen LogP contribution < -0.4 is 0 Å². The summed E-state index contributed by atoms with van der Waals surface area (Å²) < 4.78 is 0. The Morgan fingerprint density at radius 2 is 2.05 bits per heavy atom. The van der Waals surface area contributed by atoms with Gasteiger partial charge in [0.25, 0.3) is 0 Å². The van der Waals surface area contributed by atoms with E-state index in [1.54, 1.807) is 0 Å². The van der Waals surface area contributed by atoms with Crippen LogP contribution in [0.5, 0.6) is 0 Å². The van der Waals surface area contributed by atoms with Gasteiger partial charge in [0, 0.05) is 30.3 Å². The van der Waals surface area contributed by atoms with Crippen LogP contribution in [0.1, 0.15) is 47.5 Å². The number of hydrogen-bond acceptors (Lipinski definition) is 2. The summed E-state index contributed by atoms with van der Waals surface area (Å²) in [5.41, 5.74) is 1.36. The molecule has 0 aromatic carbocycles. The molecule has 3 heteroatoms. The summed E-state index contributed by atoms with van der Waals surface area (Å²) in [6.45, 7) is 9.81. The average Bonchev–Trinajstić information content (AvgIpc) is 2.73. The van der Waals surface area contributed by atoms with Crippen molar-refractivity contribution >= 4 is 11.8 Å². The first-order chi connectivity index (χ1) is 10.1. The summed E-state index contributed by atoms with van der Waals surface area (Å²) in [5.74, 6) is 1.42. The molecule has 1 saturated carbocycles. The maximum Gasteiger partial charge on any atom is 0.311 e. The zero-order valence-electron chi connectivity index (χ0n) is 14.0. The first-order valence-corrected chi connectivity index (χ1v) is 7.67. The highest BCUT2D eigenvalue weighted by molar-refractivity contribution is 6.01. The maximum absolute atomic E-state index is 12.3. The van der Waals surface area contributed by atoms with Gasteiger partial charge in [0.15, 0.2) is 5.78 Å². The molecule has 0 aromatic rings. The second-order valence-electron chi connectivity index (χ2n) is 7.34. The highest BCUT2D eigenvalue weighted by Crippen LogP contribution is 2.75. The minimum absolute atomic E-state index is 0.0136. The van der Waals surface area contributed by atoms with E-state index in [1.165, 1.54) is 0 Å². The summed E-state index contributed by atoms with van der Waals surface area (Å²) in [4.78, 5) is 24.5. The van der Waals surface area contributed by atoms with Crippen molar-refractivity contribution in [3.63, 3.8) is 0 Å². The van der Waals surface area contributed by atoms with E-state index >= 15 is 0 Å². The van der Waals surface area contributed by atoms with E-state index in [-0.39, 0.29) is 29.5 Å². The number of rotatable bonds is 4. The molecule has 0 radical (unpaired) electrons. The number of carbonyl (C=O) groups is 2. The van der Waals surface area contributed by atoms with Gasteiger partial charge in [-0.15, -0.1) is 12.3 Å². The molecule has 22 heavy (non-hydrogen) atoms. The van der Waals surface area contributed by atoms with Crippen molar-refractivity contribution < 1.29 is 14.7 Å². The fourth-order valence-electron chi connectivity index (χ4n) is 4.47. The first-order valence-electron chi connectivity index (χ1n) is 7.67. The Hall–Kier alpha value is -1.82. The van der Waals surface area contributed by atoms with Gasteiger partial charge in [0.2, 0.25) is 0 Å². The van der Waals surface area contributed by atoms with Crippen LogP contribution in [0.4, 0.5) is 0 Å². The van der Waals surface area contributed by atoms with Crippen LogP contribution in [0.3, 0.4) is 0 Å². The predicted molar refractivity (Wildman–Crippen MR) is 86.0 cm³/mol. The molecule has 2 rings (SSSR count). The van der Waals surface area contributed by atoms with Gasteiger partial charge in [-0.25, -0.2) is 0 Å². The molecule has 0 spiro atoms. The zero-order valence-corrected chi connectivity index (χ0v) is 14.0. The SMILES string of the molecule is C#CCC1=C(C)C([C@]2(C(=O)O)[C@H](C=C(C)C)C2(C)C)CC1=O. The molecule has 0 amide bonds. The van der Waals surface area contributed by atoms with Crippen molar-refractivity contribution in [1.29, 1.82) is 0 Å². The van der Waals surface area contributed by atoms with Gasteiger partial charge in [0.05, 0.1) is 5.41 Å². The lowest BCUT2D eigenvalue weighted by Gasteiger charge is -2.24. The molecule has 2 aliphatic carbocycles. The normalized spacial score (nSPS) is 32.6. The Balaban J connectivity index is 2.53. The van der Waals surface area contributed by atoms with Crippen LogP contribution in [0.25, 0.3) is 0 Å². The smallest absolute Gasteiger partial charge is 0.311 e. The van der Waals surface area contributed by atoms with Crippen LogP contribution in [0, 0.1) is 35.0 Å².